The van der Waals surface area contributed by atoms with Crippen molar-refractivity contribution in [3.05, 3.63) is 47.8 Å². The second kappa shape index (κ2) is 5.32. The van der Waals surface area contributed by atoms with E-state index < -0.39 is 0 Å². The largest absolute Gasteiger partial charge is 0.380 e. The van der Waals surface area contributed by atoms with Crippen molar-refractivity contribution in [2.24, 2.45) is 0 Å². The average molecular weight is 217 g/mol. The lowest BCUT2D eigenvalue weighted by Gasteiger charge is -2.06. The van der Waals surface area contributed by atoms with Crippen LogP contribution in [0, 0.1) is 0 Å². The summed E-state index contributed by atoms with van der Waals surface area (Å²) in [7, 11) is 1.70. The Morgan fingerprint density at radius 3 is 3.06 bits per heavy atom. The second-order valence-electron chi connectivity index (χ2n) is 3.57. The van der Waals surface area contributed by atoms with Crippen LogP contribution in [0.4, 0.5) is 5.69 Å². The zero-order valence-electron chi connectivity index (χ0n) is 9.23. The zero-order valence-corrected chi connectivity index (χ0v) is 9.23. The minimum absolute atomic E-state index is 0.638. The highest BCUT2D eigenvalue weighted by molar-refractivity contribution is 5.45. The van der Waals surface area contributed by atoms with E-state index in [1.54, 1.807) is 13.3 Å². The maximum absolute atomic E-state index is 5.09. The highest BCUT2D eigenvalue weighted by atomic mass is 16.5. The first-order valence-electron chi connectivity index (χ1n) is 5.18. The molecule has 0 unspecified atom stereocenters. The van der Waals surface area contributed by atoms with E-state index in [2.05, 4.69) is 21.6 Å². The SMILES string of the molecule is COCc1cccc(NCc2ccn[nH]2)c1. The number of ether oxygens (including phenoxy) is 1. The molecular formula is C12H15N3O. The Balaban J connectivity index is 1.96. The van der Waals surface area contributed by atoms with Crippen molar-refractivity contribution < 1.29 is 4.74 Å². The maximum Gasteiger partial charge on any atom is 0.0713 e. The summed E-state index contributed by atoms with van der Waals surface area (Å²) in [6.07, 6.45) is 1.75. The molecule has 0 fully saturated rings. The molecule has 0 radical (unpaired) electrons. The number of hydrogen-bond acceptors (Lipinski definition) is 3. The van der Waals surface area contributed by atoms with Gasteiger partial charge in [0.25, 0.3) is 0 Å². The summed E-state index contributed by atoms with van der Waals surface area (Å²) >= 11 is 0. The van der Waals surface area contributed by atoms with Gasteiger partial charge in [0.05, 0.1) is 18.8 Å². The molecule has 4 nitrogen and oxygen atoms in total. The van der Waals surface area contributed by atoms with Gasteiger partial charge in [-0.2, -0.15) is 5.10 Å². The van der Waals surface area contributed by atoms with Crippen molar-refractivity contribution in [3.8, 4) is 0 Å². The number of nitrogens with zero attached hydrogens (tertiary/aromatic N) is 1. The Bertz CT molecular complexity index is 426. The van der Waals surface area contributed by atoms with E-state index in [0.29, 0.717) is 6.61 Å². The first-order chi connectivity index (χ1) is 7.88. The lowest BCUT2D eigenvalue weighted by atomic mass is 10.2. The molecule has 16 heavy (non-hydrogen) atoms. The molecule has 1 aromatic heterocycles. The van der Waals surface area contributed by atoms with E-state index in [1.165, 1.54) is 0 Å². The van der Waals surface area contributed by atoms with Crippen LogP contribution < -0.4 is 5.32 Å². The molecule has 0 saturated heterocycles. The van der Waals surface area contributed by atoms with Crippen molar-refractivity contribution in [2.75, 3.05) is 12.4 Å². The maximum atomic E-state index is 5.09. The number of methoxy groups -OCH3 is 1. The first kappa shape index (κ1) is 10.7. The smallest absolute Gasteiger partial charge is 0.0713 e. The molecule has 0 aliphatic carbocycles. The van der Waals surface area contributed by atoms with Crippen molar-refractivity contribution in [1.29, 1.82) is 0 Å². The van der Waals surface area contributed by atoms with E-state index in [1.807, 2.05) is 24.3 Å². The van der Waals surface area contributed by atoms with E-state index in [0.717, 1.165) is 23.5 Å². The van der Waals surface area contributed by atoms with Crippen molar-refractivity contribution >= 4 is 5.69 Å². The number of benzene rings is 1. The quantitative estimate of drug-likeness (QED) is 0.807. The molecule has 1 aromatic carbocycles. The van der Waals surface area contributed by atoms with Crippen LogP contribution in [0.2, 0.25) is 0 Å². The van der Waals surface area contributed by atoms with Crippen LogP contribution in [0.5, 0.6) is 0 Å². The highest BCUT2D eigenvalue weighted by Gasteiger charge is 1.96. The predicted molar refractivity (Wildman–Crippen MR) is 63.1 cm³/mol. The van der Waals surface area contributed by atoms with Gasteiger partial charge in [-0.3, -0.25) is 5.10 Å². The molecule has 84 valence electrons. The molecule has 2 aromatic rings. The number of hydrogen-bond donors (Lipinski definition) is 2. The van der Waals surface area contributed by atoms with Gasteiger partial charge in [0, 0.05) is 19.0 Å². The van der Waals surface area contributed by atoms with E-state index >= 15 is 0 Å². The zero-order chi connectivity index (χ0) is 11.2. The summed E-state index contributed by atoms with van der Waals surface area (Å²) in [5.41, 5.74) is 3.32. The Kier molecular flexibility index (Phi) is 3.56. The Hall–Kier alpha value is -1.81. The highest BCUT2D eigenvalue weighted by Crippen LogP contribution is 2.12. The fraction of sp³-hybridized carbons (Fsp3) is 0.250. The second-order valence-corrected chi connectivity index (χ2v) is 3.57. The fourth-order valence-corrected chi connectivity index (χ4v) is 1.52. The van der Waals surface area contributed by atoms with Crippen LogP contribution in [0.25, 0.3) is 0 Å². The standard InChI is InChI=1S/C12H15N3O/c1-16-9-10-3-2-4-11(7-10)13-8-12-5-6-14-15-12/h2-7,13H,8-9H2,1H3,(H,14,15). The minimum atomic E-state index is 0.638. The Morgan fingerprint density at radius 2 is 2.31 bits per heavy atom. The number of aromatic amines is 1. The summed E-state index contributed by atoms with van der Waals surface area (Å²) in [6.45, 7) is 1.38. The molecule has 0 atom stereocenters. The van der Waals surface area contributed by atoms with Crippen LogP contribution in [0.1, 0.15) is 11.3 Å². The fourth-order valence-electron chi connectivity index (χ4n) is 1.52. The molecule has 2 N–H and O–H groups in total. The lowest BCUT2D eigenvalue weighted by molar-refractivity contribution is 0.185. The molecule has 0 amide bonds. The molecule has 0 bridgehead atoms. The van der Waals surface area contributed by atoms with Gasteiger partial charge in [0.1, 0.15) is 0 Å². The first-order valence-corrected chi connectivity index (χ1v) is 5.18. The van der Waals surface area contributed by atoms with Gasteiger partial charge >= 0.3 is 0 Å². The molecule has 1 heterocycles. The number of rotatable bonds is 5. The number of H-pyrrole nitrogens is 1. The predicted octanol–water partition coefficient (Wildman–Crippen LogP) is 2.17. The number of aromatic nitrogens is 2. The molecule has 0 aliphatic heterocycles. The normalized spacial score (nSPS) is 10.3. The van der Waals surface area contributed by atoms with Crippen LogP contribution in [0.3, 0.4) is 0 Å². The summed E-state index contributed by atoms with van der Waals surface area (Å²) in [5.74, 6) is 0. The van der Waals surface area contributed by atoms with Gasteiger partial charge in [-0.15, -0.1) is 0 Å². The van der Waals surface area contributed by atoms with Gasteiger partial charge < -0.3 is 10.1 Å². The van der Waals surface area contributed by atoms with E-state index in [-0.39, 0.29) is 0 Å². The van der Waals surface area contributed by atoms with Crippen LogP contribution in [-0.4, -0.2) is 17.3 Å². The van der Waals surface area contributed by atoms with Gasteiger partial charge in [-0.05, 0) is 23.8 Å². The number of nitrogens with one attached hydrogen (secondary N) is 2. The molecule has 2 rings (SSSR count). The minimum Gasteiger partial charge on any atom is -0.380 e. The molecule has 4 heteroatoms. The third kappa shape index (κ3) is 2.84. The van der Waals surface area contributed by atoms with E-state index in [4.69, 9.17) is 4.74 Å². The van der Waals surface area contributed by atoms with Crippen LogP contribution >= 0.6 is 0 Å². The van der Waals surface area contributed by atoms with Gasteiger partial charge in [-0.1, -0.05) is 12.1 Å². The summed E-state index contributed by atoms with van der Waals surface area (Å²) < 4.78 is 5.09. The van der Waals surface area contributed by atoms with Crippen LogP contribution in [0.15, 0.2) is 36.5 Å². The van der Waals surface area contributed by atoms with Crippen molar-refractivity contribution in [3.63, 3.8) is 0 Å². The monoisotopic (exact) mass is 217 g/mol. The molecule has 0 aliphatic rings. The van der Waals surface area contributed by atoms with Gasteiger partial charge in [0.15, 0.2) is 0 Å². The molecular weight excluding hydrogens is 202 g/mol. The van der Waals surface area contributed by atoms with Crippen molar-refractivity contribution in [1.82, 2.24) is 10.2 Å². The van der Waals surface area contributed by atoms with Crippen molar-refractivity contribution in [2.45, 2.75) is 13.2 Å². The Morgan fingerprint density at radius 1 is 1.38 bits per heavy atom. The summed E-state index contributed by atoms with van der Waals surface area (Å²) in [5, 5.41) is 10.1. The van der Waals surface area contributed by atoms with E-state index in [9.17, 15) is 0 Å². The molecule has 0 spiro atoms. The summed E-state index contributed by atoms with van der Waals surface area (Å²) in [6, 6.07) is 10.1. The lowest BCUT2D eigenvalue weighted by Crippen LogP contribution is -2.00. The third-order valence-electron chi connectivity index (χ3n) is 2.28. The number of anilines is 1. The molecule has 0 saturated carbocycles. The third-order valence-corrected chi connectivity index (χ3v) is 2.28. The van der Waals surface area contributed by atoms with Crippen LogP contribution in [-0.2, 0) is 17.9 Å². The summed E-state index contributed by atoms with van der Waals surface area (Å²) in [4.78, 5) is 0. The van der Waals surface area contributed by atoms with Gasteiger partial charge in [-0.25, -0.2) is 0 Å². The van der Waals surface area contributed by atoms with Gasteiger partial charge in [0.2, 0.25) is 0 Å². The average Bonchev–Trinajstić information content (AvgIpc) is 2.80. The topological polar surface area (TPSA) is 49.9 Å². The Labute approximate surface area is 94.6 Å².